The van der Waals surface area contributed by atoms with E-state index in [2.05, 4.69) is 5.32 Å². The summed E-state index contributed by atoms with van der Waals surface area (Å²) in [5, 5.41) is 2.88. The number of carbonyl (C=O) groups excluding carboxylic acids is 1. The number of nitrogens with one attached hydrogen (secondary N) is 1. The molecule has 3 nitrogen and oxygen atoms in total. The zero-order valence-electron chi connectivity index (χ0n) is 9.67. The third-order valence-electron chi connectivity index (χ3n) is 2.59. The van der Waals surface area contributed by atoms with Crippen LogP contribution in [0.5, 0.6) is 0 Å². The van der Waals surface area contributed by atoms with Gasteiger partial charge in [-0.15, -0.1) is 0 Å². The third kappa shape index (κ3) is 4.32. The Bertz CT molecular complexity index is 394. The summed E-state index contributed by atoms with van der Waals surface area (Å²) < 4.78 is 13.3. The Kier molecular flexibility index (Phi) is 5.38. The SMILES string of the molecule is CCC(CN)CC(=O)Nc1cc(Cl)ccc1F. The normalized spacial score (nSPS) is 12.2. The highest BCUT2D eigenvalue weighted by Crippen LogP contribution is 2.20. The number of hydrogen-bond donors (Lipinski definition) is 2. The van der Waals surface area contributed by atoms with Crippen LogP contribution >= 0.6 is 11.6 Å². The molecule has 1 rings (SSSR count). The molecule has 94 valence electrons. The first-order valence-corrected chi connectivity index (χ1v) is 5.89. The maximum atomic E-state index is 13.3. The minimum absolute atomic E-state index is 0.106. The number of hydrogen-bond acceptors (Lipinski definition) is 2. The van der Waals surface area contributed by atoms with Crippen LogP contribution in [-0.4, -0.2) is 12.5 Å². The molecule has 1 aromatic carbocycles. The molecule has 0 heterocycles. The van der Waals surface area contributed by atoms with E-state index >= 15 is 0 Å². The number of nitrogens with two attached hydrogens (primary N) is 1. The lowest BCUT2D eigenvalue weighted by Gasteiger charge is -2.12. The van der Waals surface area contributed by atoms with Crippen molar-refractivity contribution in [1.82, 2.24) is 0 Å². The summed E-state index contributed by atoms with van der Waals surface area (Å²) in [7, 11) is 0. The molecule has 0 spiro atoms. The highest BCUT2D eigenvalue weighted by atomic mass is 35.5. The van der Waals surface area contributed by atoms with Crippen molar-refractivity contribution in [3.8, 4) is 0 Å². The Labute approximate surface area is 105 Å². The smallest absolute Gasteiger partial charge is 0.224 e. The highest BCUT2D eigenvalue weighted by Gasteiger charge is 2.12. The fourth-order valence-corrected chi connectivity index (χ4v) is 1.62. The molecule has 0 aliphatic heterocycles. The van der Waals surface area contributed by atoms with Crippen molar-refractivity contribution in [2.75, 3.05) is 11.9 Å². The first kappa shape index (κ1) is 13.9. The molecule has 0 bridgehead atoms. The van der Waals surface area contributed by atoms with Gasteiger partial charge in [-0.25, -0.2) is 4.39 Å². The third-order valence-corrected chi connectivity index (χ3v) is 2.82. The minimum atomic E-state index is -0.497. The number of benzene rings is 1. The van der Waals surface area contributed by atoms with Crippen LogP contribution < -0.4 is 11.1 Å². The van der Waals surface area contributed by atoms with Gasteiger partial charge in [-0.1, -0.05) is 24.9 Å². The minimum Gasteiger partial charge on any atom is -0.330 e. The molecule has 0 aliphatic rings. The van der Waals surface area contributed by atoms with Crippen LogP contribution in [0, 0.1) is 11.7 Å². The summed E-state index contributed by atoms with van der Waals surface area (Å²) in [5.41, 5.74) is 5.61. The van der Waals surface area contributed by atoms with Gasteiger partial charge in [0.25, 0.3) is 0 Å². The Balaban J connectivity index is 2.64. The van der Waals surface area contributed by atoms with E-state index in [1.807, 2.05) is 6.92 Å². The van der Waals surface area contributed by atoms with Crippen molar-refractivity contribution in [3.05, 3.63) is 29.0 Å². The Morgan fingerprint density at radius 2 is 2.29 bits per heavy atom. The number of rotatable bonds is 5. The van der Waals surface area contributed by atoms with E-state index < -0.39 is 5.82 Å². The molecule has 0 aromatic heterocycles. The molecule has 0 saturated carbocycles. The average Bonchev–Trinajstić information content (AvgIpc) is 2.31. The summed E-state index contributed by atoms with van der Waals surface area (Å²) in [6, 6.07) is 4.04. The first-order valence-electron chi connectivity index (χ1n) is 5.51. The maximum absolute atomic E-state index is 13.3. The zero-order valence-corrected chi connectivity index (χ0v) is 10.4. The topological polar surface area (TPSA) is 55.1 Å². The van der Waals surface area contributed by atoms with Gasteiger partial charge in [0.05, 0.1) is 5.69 Å². The van der Waals surface area contributed by atoms with Crippen molar-refractivity contribution >= 4 is 23.2 Å². The summed E-state index contributed by atoms with van der Waals surface area (Å²) >= 11 is 5.72. The Morgan fingerprint density at radius 3 is 2.88 bits per heavy atom. The second-order valence-electron chi connectivity index (χ2n) is 3.89. The molecule has 0 aliphatic carbocycles. The molecule has 0 radical (unpaired) electrons. The van der Waals surface area contributed by atoms with Crippen LogP contribution in [-0.2, 0) is 4.79 Å². The fourth-order valence-electron chi connectivity index (χ4n) is 1.45. The van der Waals surface area contributed by atoms with Crippen molar-refractivity contribution in [3.63, 3.8) is 0 Å². The van der Waals surface area contributed by atoms with E-state index in [1.54, 1.807) is 0 Å². The van der Waals surface area contributed by atoms with Gasteiger partial charge in [-0.05, 0) is 30.7 Å². The molecule has 1 atom stereocenters. The Morgan fingerprint density at radius 1 is 1.59 bits per heavy atom. The van der Waals surface area contributed by atoms with Gasteiger partial charge in [0, 0.05) is 11.4 Å². The molecule has 5 heteroatoms. The number of amides is 1. The van der Waals surface area contributed by atoms with Crippen molar-refractivity contribution < 1.29 is 9.18 Å². The summed E-state index contributed by atoms with van der Waals surface area (Å²) in [6.45, 7) is 2.41. The summed E-state index contributed by atoms with van der Waals surface area (Å²) in [4.78, 5) is 11.6. The van der Waals surface area contributed by atoms with Gasteiger partial charge in [0.1, 0.15) is 5.82 Å². The number of halogens is 2. The van der Waals surface area contributed by atoms with Crippen LogP contribution in [0.3, 0.4) is 0 Å². The maximum Gasteiger partial charge on any atom is 0.224 e. The van der Waals surface area contributed by atoms with Gasteiger partial charge < -0.3 is 11.1 Å². The molecule has 1 aromatic rings. The van der Waals surface area contributed by atoms with Gasteiger partial charge in [-0.3, -0.25) is 4.79 Å². The van der Waals surface area contributed by atoms with Gasteiger partial charge in [0.15, 0.2) is 0 Å². The van der Waals surface area contributed by atoms with Crippen LogP contribution in [0.15, 0.2) is 18.2 Å². The van der Waals surface area contributed by atoms with Crippen LogP contribution in [0.4, 0.5) is 10.1 Å². The zero-order chi connectivity index (χ0) is 12.8. The lowest BCUT2D eigenvalue weighted by molar-refractivity contribution is -0.117. The Hall–Kier alpha value is -1.13. The standard InChI is InChI=1S/C12H16ClFN2O/c1-2-8(7-15)5-12(17)16-11-6-9(13)3-4-10(11)14/h3-4,6,8H,2,5,7,15H2,1H3,(H,16,17). The molecule has 1 amide bonds. The van der Waals surface area contributed by atoms with Crippen molar-refractivity contribution in [2.24, 2.45) is 11.7 Å². The molecular formula is C12H16ClFN2O. The lowest BCUT2D eigenvalue weighted by Crippen LogP contribution is -2.22. The predicted octanol–water partition coefficient (Wildman–Crippen LogP) is 2.79. The van der Waals surface area contributed by atoms with E-state index in [-0.39, 0.29) is 17.5 Å². The molecule has 17 heavy (non-hydrogen) atoms. The van der Waals surface area contributed by atoms with Crippen molar-refractivity contribution in [2.45, 2.75) is 19.8 Å². The monoisotopic (exact) mass is 258 g/mol. The van der Waals surface area contributed by atoms with E-state index in [9.17, 15) is 9.18 Å². The fraction of sp³-hybridized carbons (Fsp3) is 0.417. The first-order chi connectivity index (χ1) is 8.06. The average molecular weight is 259 g/mol. The summed E-state index contributed by atoms with van der Waals surface area (Å²) in [5.74, 6) is -0.621. The molecule has 0 fully saturated rings. The van der Waals surface area contributed by atoms with Crippen molar-refractivity contribution in [1.29, 1.82) is 0 Å². The van der Waals surface area contributed by atoms with Gasteiger partial charge in [0.2, 0.25) is 5.91 Å². The second kappa shape index (κ2) is 6.57. The number of carbonyl (C=O) groups is 1. The molecular weight excluding hydrogens is 243 g/mol. The van der Waals surface area contributed by atoms with Crippen LogP contribution in [0.1, 0.15) is 19.8 Å². The van der Waals surface area contributed by atoms with Gasteiger partial charge >= 0.3 is 0 Å². The van der Waals surface area contributed by atoms with E-state index in [0.29, 0.717) is 18.0 Å². The van der Waals surface area contributed by atoms with E-state index in [1.165, 1.54) is 18.2 Å². The quantitative estimate of drug-likeness (QED) is 0.853. The number of anilines is 1. The largest absolute Gasteiger partial charge is 0.330 e. The van der Waals surface area contributed by atoms with Crippen LogP contribution in [0.2, 0.25) is 5.02 Å². The van der Waals surface area contributed by atoms with Crippen LogP contribution in [0.25, 0.3) is 0 Å². The van der Waals surface area contributed by atoms with E-state index in [4.69, 9.17) is 17.3 Å². The molecule has 3 N–H and O–H groups in total. The molecule has 0 saturated heterocycles. The predicted molar refractivity (Wildman–Crippen MR) is 67.5 cm³/mol. The summed E-state index contributed by atoms with van der Waals surface area (Å²) in [6.07, 6.45) is 1.11. The molecule has 1 unspecified atom stereocenters. The highest BCUT2D eigenvalue weighted by molar-refractivity contribution is 6.30. The van der Waals surface area contributed by atoms with Gasteiger partial charge in [-0.2, -0.15) is 0 Å². The van der Waals surface area contributed by atoms with E-state index in [0.717, 1.165) is 6.42 Å². The lowest BCUT2D eigenvalue weighted by atomic mass is 10.0. The second-order valence-corrected chi connectivity index (χ2v) is 4.32.